The van der Waals surface area contributed by atoms with E-state index in [1.807, 2.05) is 51.1 Å². The van der Waals surface area contributed by atoms with Crippen molar-refractivity contribution in [1.29, 1.82) is 0 Å². The van der Waals surface area contributed by atoms with E-state index in [1.54, 1.807) is 6.07 Å². The van der Waals surface area contributed by atoms with Gasteiger partial charge in [-0.1, -0.05) is 19.8 Å². The summed E-state index contributed by atoms with van der Waals surface area (Å²) in [5.74, 6) is 1.33. The zero-order valence-corrected chi connectivity index (χ0v) is 18.7. The Hall–Kier alpha value is -3.02. The Morgan fingerprint density at radius 1 is 1.23 bits per heavy atom. The molecule has 1 aliphatic rings. The van der Waals surface area contributed by atoms with Gasteiger partial charge in [0.15, 0.2) is 0 Å². The van der Waals surface area contributed by atoms with Crippen molar-refractivity contribution in [3.8, 4) is 5.75 Å². The molecule has 1 saturated carbocycles. The van der Waals surface area contributed by atoms with E-state index in [0.29, 0.717) is 23.0 Å². The van der Waals surface area contributed by atoms with E-state index in [4.69, 9.17) is 9.72 Å². The van der Waals surface area contributed by atoms with Gasteiger partial charge in [-0.3, -0.25) is 0 Å². The fourth-order valence-corrected chi connectivity index (χ4v) is 4.59. The van der Waals surface area contributed by atoms with Crippen LogP contribution in [0.1, 0.15) is 68.4 Å². The third-order valence-corrected chi connectivity index (χ3v) is 6.02. The SMILES string of the molecule is Cc1cc2c(cc1C(=O)O)nc(Nc1ccc(OC(C)C)cc1)n2[C@H]1CCCC(C)C1. The summed E-state index contributed by atoms with van der Waals surface area (Å²) in [5, 5.41) is 13.0. The standard InChI is InChI=1S/C25H31N3O3/c1-15(2)31-20-10-8-18(9-11-20)26-25-27-22-14-21(24(29)30)17(4)13-23(22)28(25)19-7-5-6-16(3)12-19/h8-11,13-16,19H,5-7,12H2,1-4H3,(H,26,27)(H,29,30)/t16?,19-/m0/s1. The van der Waals surface area contributed by atoms with Crippen LogP contribution >= 0.6 is 0 Å². The first-order valence-corrected chi connectivity index (χ1v) is 11.1. The molecule has 0 amide bonds. The number of fused-ring (bicyclic) bond motifs is 1. The summed E-state index contributed by atoms with van der Waals surface area (Å²) in [7, 11) is 0. The van der Waals surface area contributed by atoms with Gasteiger partial charge in [0, 0.05) is 11.7 Å². The lowest BCUT2D eigenvalue weighted by molar-refractivity contribution is 0.0696. The summed E-state index contributed by atoms with van der Waals surface area (Å²) < 4.78 is 8.02. The Morgan fingerprint density at radius 2 is 1.97 bits per heavy atom. The van der Waals surface area contributed by atoms with Crippen LogP contribution in [0.5, 0.6) is 5.75 Å². The van der Waals surface area contributed by atoms with Crippen LogP contribution in [0.25, 0.3) is 11.0 Å². The van der Waals surface area contributed by atoms with Crippen molar-refractivity contribution in [2.45, 2.75) is 65.5 Å². The minimum absolute atomic E-state index is 0.128. The van der Waals surface area contributed by atoms with Crippen LogP contribution in [-0.2, 0) is 0 Å². The molecule has 0 radical (unpaired) electrons. The van der Waals surface area contributed by atoms with Crippen LogP contribution < -0.4 is 10.1 Å². The van der Waals surface area contributed by atoms with Crippen molar-refractivity contribution >= 4 is 28.6 Å². The zero-order valence-electron chi connectivity index (χ0n) is 18.7. The van der Waals surface area contributed by atoms with Crippen LogP contribution in [0.4, 0.5) is 11.6 Å². The van der Waals surface area contributed by atoms with Crippen LogP contribution in [-0.4, -0.2) is 26.7 Å². The molecule has 2 atom stereocenters. The second kappa shape index (κ2) is 8.61. The Balaban J connectivity index is 1.75. The second-order valence-corrected chi connectivity index (χ2v) is 9.01. The number of carboxylic acids is 1. The molecule has 1 aliphatic carbocycles. The van der Waals surface area contributed by atoms with Gasteiger partial charge in [-0.15, -0.1) is 0 Å². The van der Waals surface area contributed by atoms with Gasteiger partial charge >= 0.3 is 5.97 Å². The zero-order chi connectivity index (χ0) is 22.1. The minimum atomic E-state index is -0.921. The molecule has 6 heteroatoms. The lowest BCUT2D eigenvalue weighted by Crippen LogP contribution is -2.19. The molecule has 31 heavy (non-hydrogen) atoms. The maximum atomic E-state index is 11.6. The van der Waals surface area contributed by atoms with Gasteiger partial charge in [-0.2, -0.15) is 0 Å². The third-order valence-electron chi connectivity index (χ3n) is 6.02. The van der Waals surface area contributed by atoms with Gasteiger partial charge in [0.25, 0.3) is 0 Å². The number of aryl methyl sites for hydroxylation is 1. The first-order valence-electron chi connectivity index (χ1n) is 11.1. The molecular formula is C25H31N3O3. The number of benzene rings is 2. The van der Waals surface area contributed by atoms with Crippen LogP contribution in [0.2, 0.25) is 0 Å². The van der Waals surface area contributed by atoms with E-state index in [0.717, 1.165) is 41.3 Å². The van der Waals surface area contributed by atoms with Gasteiger partial charge in [0.05, 0.1) is 22.7 Å². The number of anilines is 2. The van der Waals surface area contributed by atoms with E-state index in [9.17, 15) is 9.90 Å². The highest BCUT2D eigenvalue weighted by molar-refractivity contribution is 5.95. The molecule has 0 aliphatic heterocycles. The number of carbonyl (C=O) groups is 1. The number of aromatic nitrogens is 2. The van der Waals surface area contributed by atoms with Crippen molar-refractivity contribution in [1.82, 2.24) is 9.55 Å². The largest absolute Gasteiger partial charge is 0.491 e. The molecule has 0 bridgehead atoms. The highest BCUT2D eigenvalue weighted by Gasteiger charge is 2.26. The normalized spacial score (nSPS) is 19.0. The van der Waals surface area contributed by atoms with Crippen LogP contribution in [0.3, 0.4) is 0 Å². The number of nitrogens with zero attached hydrogens (tertiary/aromatic N) is 2. The number of aromatic carboxylic acids is 1. The topological polar surface area (TPSA) is 76.4 Å². The predicted octanol–water partition coefficient (Wildman–Crippen LogP) is 6.32. The molecular weight excluding hydrogens is 390 g/mol. The Kier molecular flexibility index (Phi) is 5.90. The number of hydrogen-bond acceptors (Lipinski definition) is 4. The molecule has 2 N–H and O–H groups in total. The summed E-state index contributed by atoms with van der Waals surface area (Å²) >= 11 is 0. The average Bonchev–Trinajstić information content (AvgIpc) is 3.05. The maximum Gasteiger partial charge on any atom is 0.336 e. The molecule has 1 heterocycles. The number of nitrogens with one attached hydrogen (secondary N) is 1. The minimum Gasteiger partial charge on any atom is -0.491 e. The first kappa shape index (κ1) is 21.2. The van der Waals surface area contributed by atoms with Gasteiger partial charge < -0.3 is 19.7 Å². The Labute approximate surface area is 183 Å². The lowest BCUT2D eigenvalue weighted by Gasteiger charge is -2.29. The molecule has 164 valence electrons. The number of carboxylic acid groups (broad SMARTS) is 1. The van der Waals surface area contributed by atoms with Gasteiger partial charge in [0.1, 0.15) is 5.75 Å². The smallest absolute Gasteiger partial charge is 0.336 e. The fourth-order valence-electron chi connectivity index (χ4n) is 4.59. The van der Waals surface area contributed by atoms with E-state index in [1.165, 1.54) is 12.8 Å². The van der Waals surface area contributed by atoms with Crippen molar-refractivity contribution in [3.05, 3.63) is 47.5 Å². The highest BCUT2D eigenvalue weighted by atomic mass is 16.5. The number of ether oxygens (including phenoxy) is 1. The second-order valence-electron chi connectivity index (χ2n) is 9.01. The monoisotopic (exact) mass is 421 g/mol. The fraction of sp³-hybridized carbons (Fsp3) is 0.440. The lowest BCUT2D eigenvalue weighted by atomic mass is 9.87. The molecule has 1 unspecified atom stereocenters. The first-order chi connectivity index (χ1) is 14.8. The molecule has 4 rings (SSSR count). The quantitative estimate of drug-likeness (QED) is 0.487. The molecule has 1 fully saturated rings. The van der Waals surface area contributed by atoms with Gasteiger partial charge in [-0.25, -0.2) is 9.78 Å². The Bertz CT molecular complexity index is 1090. The van der Waals surface area contributed by atoms with Gasteiger partial charge in [-0.05, 0) is 81.5 Å². The van der Waals surface area contributed by atoms with E-state index in [-0.39, 0.29) is 6.10 Å². The molecule has 6 nitrogen and oxygen atoms in total. The van der Waals surface area contributed by atoms with Crippen molar-refractivity contribution in [3.63, 3.8) is 0 Å². The van der Waals surface area contributed by atoms with E-state index < -0.39 is 5.97 Å². The maximum absolute atomic E-state index is 11.6. The summed E-state index contributed by atoms with van der Waals surface area (Å²) in [5.41, 5.74) is 3.68. The number of rotatable bonds is 6. The number of hydrogen-bond donors (Lipinski definition) is 2. The summed E-state index contributed by atoms with van der Waals surface area (Å²) in [6.07, 6.45) is 4.78. The third kappa shape index (κ3) is 4.53. The van der Waals surface area contributed by atoms with Gasteiger partial charge in [0.2, 0.25) is 5.95 Å². The molecule has 2 aromatic carbocycles. The van der Waals surface area contributed by atoms with Crippen molar-refractivity contribution < 1.29 is 14.6 Å². The van der Waals surface area contributed by atoms with Crippen molar-refractivity contribution in [2.75, 3.05) is 5.32 Å². The number of imidazole rings is 1. The van der Waals surface area contributed by atoms with Crippen molar-refractivity contribution in [2.24, 2.45) is 5.92 Å². The van der Waals surface area contributed by atoms with E-state index in [2.05, 4.69) is 16.8 Å². The molecule has 0 spiro atoms. The average molecular weight is 422 g/mol. The molecule has 3 aromatic rings. The summed E-state index contributed by atoms with van der Waals surface area (Å²) in [6, 6.07) is 11.9. The van der Waals surface area contributed by atoms with E-state index >= 15 is 0 Å². The van der Waals surface area contributed by atoms with Crippen LogP contribution in [0, 0.1) is 12.8 Å². The predicted molar refractivity (Wildman–Crippen MR) is 124 cm³/mol. The summed E-state index contributed by atoms with van der Waals surface area (Å²) in [6.45, 7) is 8.17. The van der Waals surface area contributed by atoms with Crippen LogP contribution in [0.15, 0.2) is 36.4 Å². The Morgan fingerprint density at radius 3 is 2.61 bits per heavy atom. The molecule has 0 saturated heterocycles. The molecule has 1 aromatic heterocycles. The summed E-state index contributed by atoms with van der Waals surface area (Å²) in [4.78, 5) is 16.5. The highest BCUT2D eigenvalue weighted by Crippen LogP contribution is 2.38.